The number of hydrogen-bond donors (Lipinski definition) is 0. The van der Waals surface area contributed by atoms with Crippen molar-refractivity contribution in [2.24, 2.45) is 7.05 Å². The van der Waals surface area contributed by atoms with Crippen LogP contribution < -0.4 is 4.90 Å². The molecule has 1 fully saturated rings. The van der Waals surface area contributed by atoms with Crippen LogP contribution in [-0.4, -0.2) is 33.5 Å². The van der Waals surface area contributed by atoms with Crippen LogP contribution >= 0.6 is 15.9 Å². The molecule has 2 aromatic rings. The zero-order valence-electron chi connectivity index (χ0n) is 10.6. The lowest BCUT2D eigenvalue weighted by Crippen LogP contribution is -2.26. The molecule has 1 aliphatic heterocycles. The van der Waals surface area contributed by atoms with Crippen LogP contribution in [0, 0.1) is 6.92 Å². The van der Waals surface area contributed by atoms with Crippen molar-refractivity contribution in [2.75, 3.05) is 18.0 Å². The second kappa shape index (κ2) is 4.13. The normalized spacial score (nSPS) is 18.5. The number of aromatic nitrogens is 3. The van der Waals surface area contributed by atoms with Crippen LogP contribution in [0.25, 0.3) is 11.0 Å². The van der Waals surface area contributed by atoms with Crippen molar-refractivity contribution in [3.63, 3.8) is 0 Å². The van der Waals surface area contributed by atoms with Crippen LogP contribution in [0.3, 0.4) is 0 Å². The maximum Gasteiger partial charge on any atom is 0.266 e. The van der Waals surface area contributed by atoms with Crippen LogP contribution in [0.2, 0.25) is 0 Å². The van der Waals surface area contributed by atoms with Gasteiger partial charge in [0.15, 0.2) is 0 Å². The molecule has 3 rings (SSSR count). The number of nitrogens with zero attached hydrogens (tertiary/aromatic N) is 4. The molecule has 0 amide bonds. The quantitative estimate of drug-likeness (QED) is 0.806. The molecule has 2 aromatic heterocycles. The monoisotopic (exact) mass is 330 g/mol. The number of rotatable bonds is 1. The van der Waals surface area contributed by atoms with Crippen LogP contribution in [-0.2, 0) is 7.05 Å². The van der Waals surface area contributed by atoms with Crippen LogP contribution in [0.4, 0.5) is 14.6 Å². The number of aryl methyl sites for hydroxylation is 2. The van der Waals surface area contributed by atoms with Gasteiger partial charge in [0, 0.05) is 30.7 Å². The standard InChI is InChI=1S/C12H13BrF2N4/c1-7-16-10-9(8(13)5-18(10)2)11(17-7)19-4-3-12(14,15)6-19/h5H,3-4,6H2,1-2H3. The van der Waals surface area contributed by atoms with Gasteiger partial charge >= 0.3 is 0 Å². The van der Waals surface area contributed by atoms with Crippen LogP contribution in [0.5, 0.6) is 0 Å². The van der Waals surface area contributed by atoms with Gasteiger partial charge in [0.1, 0.15) is 17.3 Å². The molecule has 0 spiro atoms. The molecule has 3 heterocycles. The third-order valence-electron chi connectivity index (χ3n) is 3.33. The van der Waals surface area contributed by atoms with E-state index in [-0.39, 0.29) is 13.0 Å². The van der Waals surface area contributed by atoms with Crippen molar-refractivity contribution in [2.45, 2.75) is 19.3 Å². The molecule has 19 heavy (non-hydrogen) atoms. The lowest BCUT2D eigenvalue weighted by Gasteiger charge is -2.18. The Morgan fingerprint density at radius 1 is 1.37 bits per heavy atom. The van der Waals surface area contributed by atoms with Gasteiger partial charge in [0.05, 0.1) is 11.9 Å². The van der Waals surface area contributed by atoms with E-state index in [1.807, 2.05) is 17.8 Å². The summed E-state index contributed by atoms with van der Waals surface area (Å²) in [4.78, 5) is 10.4. The zero-order valence-corrected chi connectivity index (χ0v) is 12.2. The molecular weight excluding hydrogens is 318 g/mol. The molecule has 4 nitrogen and oxygen atoms in total. The molecule has 0 unspecified atom stereocenters. The third kappa shape index (κ3) is 2.09. The highest BCUT2D eigenvalue weighted by Gasteiger charge is 2.39. The van der Waals surface area contributed by atoms with E-state index in [0.717, 1.165) is 15.5 Å². The number of hydrogen-bond acceptors (Lipinski definition) is 3. The topological polar surface area (TPSA) is 34.0 Å². The highest BCUT2D eigenvalue weighted by Crippen LogP contribution is 2.36. The van der Waals surface area contributed by atoms with Gasteiger partial charge in [-0.15, -0.1) is 0 Å². The summed E-state index contributed by atoms with van der Waals surface area (Å²) in [7, 11) is 1.88. The molecule has 7 heteroatoms. The summed E-state index contributed by atoms with van der Waals surface area (Å²) in [5.74, 6) is -1.45. The summed E-state index contributed by atoms with van der Waals surface area (Å²) < 4.78 is 29.5. The molecule has 1 aliphatic rings. The van der Waals surface area contributed by atoms with E-state index in [1.165, 1.54) is 0 Å². The molecule has 0 radical (unpaired) electrons. The zero-order chi connectivity index (χ0) is 13.8. The lowest BCUT2D eigenvalue weighted by molar-refractivity contribution is 0.0257. The van der Waals surface area contributed by atoms with Crippen molar-refractivity contribution in [1.82, 2.24) is 14.5 Å². The molecule has 1 saturated heterocycles. The first kappa shape index (κ1) is 12.8. The van der Waals surface area contributed by atoms with Gasteiger partial charge in [-0.2, -0.15) is 0 Å². The van der Waals surface area contributed by atoms with E-state index in [4.69, 9.17) is 0 Å². The van der Waals surface area contributed by atoms with Gasteiger partial charge < -0.3 is 9.47 Å². The molecule has 0 aliphatic carbocycles. The summed E-state index contributed by atoms with van der Waals surface area (Å²) in [6.45, 7) is 1.82. The Bertz CT molecular complexity index is 653. The number of alkyl halides is 2. The number of anilines is 1. The van der Waals surface area contributed by atoms with E-state index in [0.29, 0.717) is 18.2 Å². The fourth-order valence-electron chi connectivity index (χ4n) is 2.45. The summed E-state index contributed by atoms with van der Waals surface area (Å²) in [5, 5.41) is 0.797. The fraction of sp³-hybridized carbons (Fsp3) is 0.500. The van der Waals surface area contributed by atoms with Crippen molar-refractivity contribution in [3.05, 3.63) is 16.5 Å². The third-order valence-corrected chi connectivity index (χ3v) is 3.93. The minimum atomic E-state index is -2.63. The highest BCUT2D eigenvalue weighted by atomic mass is 79.9. The molecule has 0 N–H and O–H groups in total. The first-order valence-corrected chi connectivity index (χ1v) is 6.79. The predicted octanol–water partition coefficient (Wildman–Crippen LogP) is 2.88. The highest BCUT2D eigenvalue weighted by molar-refractivity contribution is 9.10. The summed E-state index contributed by atoms with van der Waals surface area (Å²) in [5.41, 5.74) is 0.754. The molecular formula is C12H13BrF2N4. The van der Waals surface area contributed by atoms with Crippen molar-refractivity contribution in [3.8, 4) is 0 Å². The molecule has 102 valence electrons. The van der Waals surface area contributed by atoms with Crippen molar-refractivity contribution < 1.29 is 8.78 Å². The van der Waals surface area contributed by atoms with Gasteiger partial charge in [-0.05, 0) is 22.9 Å². The SMILES string of the molecule is Cc1nc(N2CCC(F)(F)C2)c2c(Br)cn(C)c2n1. The van der Waals surface area contributed by atoms with Crippen molar-refractivity contribution >= 4 is 32.8 Å². The van der Waals surface area contributed by atoms with E-state index in [9.17, 15) is 8.78 Å². The maximum absolute atomic E-state index is 13.4. The minimum absolute atomic E-state index is 0.123. The number of fused-ring (bicyclic) bond motifs is 1. The minimum Gasteiger partial charge on any atom is -0.350 e. The van der Waals surface area contributed by atoms with E-state index < -0.39 is 5.92 Å². The van der Waals surface area contributed by atoms with Gasteiger partial charge in [0.25, 0.3) is 5.92 Å². The van der Waals surface area contributed by atoms with Gasteiger partial charge in [-0.1, -0.05) is 0 Å². The number of halogens is 3. The largest absolute Gasteiger partial charge is 0.350 e. The van der Waals surface area contributed by atoms with E-state index in [1.54, 1.807) is 11.8 Å². The van der Waals surface area contributed by atoms with E-state index in [2.05, 4.69) is 25.9 Å². The summed E-state index contributed by atoms with van der Waals surface area (Å²) in [6, 6.07) is 0. The molecule has 0 atom stereocenters. The Labute approximate surface area is 117 Å². The van der Waals surface area contributed by atoms with Crippen LogP contribution in [0.15, 0.2) is 10.7 Å². The van der Waals surface area contributed by atoms with E-state index >= 15 is 0 Å². The molecule has 0 aromatic carbocycles. The summed E-state index contributed by atoms with van der Waals surface area (Å²) in [6.07, 6.45) is 1.75. The Morgan fingerprint density at radius 2 is 2.11 bits per heavy atom. The average molecular weight is 331 g/mol. The smallest absolute Gasteiger partial charge is 0.266 e. The van der Waals surface area contributed by atoms with Crippen molar-refractivity contribution in [1.29, 1.82) is 0 Å². The predicted molar refractivity (Wildman–Crippen MR) is 72.7 cm³/mol. The van der Waals surface area contributed by atoms with Gasteiger partial charge in [-0.25, -0.2) is 18.7 Å². The second-order valence-electron chi connectivity index (χ2n) is 4.91. The Kier molecular flexibility index (Phi) is 2.78. The molecule has 0 saturated carbocycles. The lowest BCUT2D eigenvalue weighted by atomic mass is 10.3. The summed E-state index contributed by atoms with van der Waals surface area (Å²) >= 11 is 3.45. The Morgan fingerprint density at radius 3 is 2.74 bits per heavy atom. The first-order valence-electron chi connectivity index (χ1n) is 5.99. The maximum atomic E-state index is 13.4. The average Bonchev–Trinajstić information content (AvgIpc) is 2.80. The fourth-order valence-corrected chi connectivity index (χ4v) is 3.12. The van der Waals surface area contributed by atoms with Gasteiger partial charge in [0.2, 0.25) is 0 Å². The Balaban J connectivity index is 2.18. The second-order valence-corrected chi connectivity index (χ2v) is 5.76. The first-order chi connectivity index (χ1) is 8.87. The van der Waals surface area contributed by atoms with Gasteiger partial charge in [-0.3, -0.25) is 0 Å². The molecule has 0 bridgehead atoms. The Hall–Kier alpha value is -1.24. The van der Waals surface area contributed by atoms with Crippen LogP contribution in [0.1, 0.15) is 12.2 Å².